The van der Waals surface area contributed by atoms with Crippen LogP contribution >= 0.6 is 11.3 Å². The zero-order valence-electron chi connectivity index (χ0n) is 9.03. The number of primary amides is 1. The van der Waals surface area contributed by atoms with Crippen molar-refractivity contribution in [1.29, 1.82) is 0 Å². The van der Waals surface area contributed by atoms with Gasteiger partial charge < -0.3 is 5.73 Å². The van der Waals surface area contributed by atoms with E-state index in [0.717, 1.165) is 18.5 Å². The molecule has 1 heterocycles. The number of carbonyl (C=O) groups excluding carboxylic acids is 1. The third-order valence-corrected chi connectivity index (χ3v) is 4.38. The molecular formula is C11H15N3OS. The Morgan fingerprint density at radius 1 is 1.62 bits per heavy atom. The quantitative estimate of drug-likeness (QED) is 0.806. The van der Waals surface area contributed by atoms with Crippen molar-refractivity contribution in [3.8, 4) is 0 Å². The van der Waals surface area contributed by atoms with Gasteiger partial charge in [0.15, 0.2) is 0 Å². The summed E-state index contributed by atoms with van der Waals surface area (Å²) in [5.41, 5.74) is 5.95. The molecule has 2 fully saturated rings. The smallest absolute Gasteiger partial charge is 0.237 e. The fraction of sp³-hybridized carbons (Fsp3) is 0.636. The second-order valence-electron chi connectivity index (χ2n) is 4.75. The Labute approximate surface area is 98.3 Å². The average molecular weight is 237 g/mol. The number of thiazole rings is 1. The van der Waals surface area contributed by atoms with Gasteiger partial charge in [0.2, 0.25) is 5.91 Å². The number of nitrogens with zero attached hydrogens (tertiary/aromatic N) is 1. The zero-order chi connectivity index (χ0) is 11.2. The molecule has 1 amide bonds. The Kier molecular flexibility index (Phi) is 2.26. The Hall–Kier alpha value is -0.940. The summed E-state index contributed by atoms with van der Waals surface area (Å²) >= 11 is 1.73. The predicted octanol–water partition coefficient (Wildman–Crippen LogP) is 1.13. The Balaban J connectivity index is 1.59. The number of carbonyl (C=O) groups is 1. The van der Waals surface area contributed by atoms with Gasteiger partial charge in [-0.3, -0.25) is 10.1 Å². The molecule has 0 spiro atoms. The fourth-order valence-electron chi connectivity index (χ4n) is 1.82. The number of nitrogens with two attached hydrogens (primary N) is 1. The summed E-state index contributed by atoms with van der Waals surface area (Å²) in [5.74, 6) is 0.481. The van der Waals surface area contributed by atoms with Gasteiger partial charge in [-0.2, -0.15) is 0 Å². The Bertz CT molecular complexity index is 421. The van der Waals surface area contributed by atoms with E-state index < -0.39 is 5.54 Å². The summed E-state index contributed by atoms with van der Waals surface area (Å²) in [5, 5.41) is 6.56. The van der Waals surface area contributed by atoms with Crippen LogP contribution in [0.1, 0.15) is 42.3 Å². The highest BCUT2D eigenvalue weighted by molar-refractivity contribution is 7.09. The average Bonchev–Trinajstić information content (AvgIpc) is 3.16. The van der Waals surface area contributed by atoms with E-state index in [2.05, 4.69) is 15.7 Å². The Morgan fingerprint density at radius 2 is 2.38 bits per heavy atom. The molecule has 0 atom stereocenters. The summed E-state index contributed by atoms with van der Waals surface area (Å²) < 4.78 is 0. The summed E-state index contributed by atoms with van der Waals surface area (Å²) in [4.78, 5) is 15.7. The molecule has 2 saturated carbocycles. The van der Waals surface area contributed by atoms with Gasteiger partial charge in [-0.25, -0.2) is 4.98 Å². The predicted molar refractivity (Wildman–Crippen MR) is 62.1 cm³/mol. The molecule has 1 aromatic heterocycles. The first kappa shape index (κ1) is 10.2. The molecule has 2 aliphatic carbocycles. The van der Waals surface area contributed by atoms with Gasteiger partial charge in [0.05, 0.1) is 16.2 Å². The highest BCUT2D eigenvalue weighted by Crippen LogP contribution is 2.41. The van der Waals surface area contributed by atoms with E-state index in [-0.39, 0.29) is 5.91 Å². The van der Waals surface area contributed by atoms with Crippen LogP contribution in [0.15, 0.2) is 5.38 Å². The molecule has 0 radical (unpaired) electrons. The Morgan fingerprint density at radius 3 is 2.94 bits per heavy atom. The van der Waals surface area contributed by atoms with E-state index in [1.54, 1.807) is 11.3 Å². The zero-order valence-corrected chi connectivity index (χ0v) is 9.85. The van der Waals surface area contributed by atoms with Gasteiger partial charge in [0.1, 0.15) is 0 Å². The molecule has 0 unspecified atom stereocenters. The minimum absolute atomic E-state index is 0.231. The highest BCUT2D eigenvalue weighted by Gasteiger charge is 2.48. The summed E-state index contributed by atoms with van der Waals surface area (Å²) in [6.07, 6.45) is 4.29. The number of amides is 1. The molecule has 3 N–H and O–H groups in total. The van der Waals surface area contributed by atoms with Crippen molar-refractivity contribution in [3.63, 3.8) is 0 Å². The van der Waals surface area contributed by atoms with Gasteiger partial charge in [-0.15, -0.1) is 11.3 Å². The molecule has 5 heteroatoms. The second kappa shape index (κ2) is 3.53. The van der Waals surface area contributed by atoms with E-state index in [1.807, 2.05) is 0 Å². The molecule has 0 saturated heterocycles. The van der Waals surface area contributed by atoms with Crippen molar-refractivity contribution in [2.45, 2.75) is 43.7 Å². The lowest BCUT2D eigenvalue weighted by Gasteiger charge is -2.11. The van der Waals surface area contributed by atoms with E-state index >= 15 is 0 Å². The third kappa shape index (κ3) is 1.85. The maximum absolute atomic E-state index is 11.2. The SMILES string of the molecule is NC(=O)C1(NCc2csc(C3CC3)n2)CC1. The molecule has 16 heavy (non-hydrogen) atoms. The normalized spacial score (nSPS) is 22.0. The van der Waals surface area contributed by atoms with Crippen LogP contribution in [0.2, 0.25) is 0 Å². The number of rotatable bonds is 5. The molecule has 0 aromatic carbocycles. The molecular weight excluding hydrogens is 222 g/mol. The molecule has 0 aliphatic heterocycles. The first-order valence-corrected chi connectivity index (χ1v) is 6.57. The van der Waals surface area contributed by atoms with Crippen LogP contribution in [0.5, 0.6) is 0 Å². The van der Waals surface area contributed by atoms with Crippen molar-refractivity contribution in [2.75, 3.05) is 0 Å². The van der Waals surface area contributed by atoms with Crippen LogP contribution < -0.4 is 11.1 Å². The van der Waals surface area contributed by atoms with Crippen molar-refractivity contribution >= 4 is 17.2 Å². The van der Waals surface area contributed by atoms with Gasteiger partial charge in [-0.05, 0) is 25.7 Å². The summed E-state index contributed by atoms with van der Waals surface area (Å²) in [6.45, 7) is 0.659. The van der Waals surface area contributed by atoms with Gasteiger partial charge >= 0.3 is 0 Å². The van der Waals surface area contributed by atoms with Crippen LogP contribution in [0.25, 0.3) is 0 Å². The topological polar surface area (TPSA) is 68.0 Å². The summed E-state index contributed by atoms with van der Waals surface area (Å²) in [7, 11) is 0. The summed E-state index contributed by atoms with van der Waals surface area (Å²) in [6, 6.07) is 0. The number of nitrogens with one attached hydrogen (secondary N) is 1. The second-order valence-corrected chi connectivity index (χ2v) is 5.64. The maximum Gasteiger partial charge on any atom is 0.237 e. The monoisotopic (exact) mass is 237 g/mol. The molecule has 1 aromatic rings. The fourth-order valence-corrected chi connectivity index (χ4v) is 2.81. The molecule has 3 rings (SSSR count). The number of hydrogen-bond acceptors (Lipinski definition) is 4. The van der Waals surface area contributed by atoms with Gasteiger partial charge in [0.25, 0.3) is 0 Å². The van der Waals surface area contributed by atoms with Crippen molar-refractivity contribution in [2.24, 2.45) is 5.73 Å². The minimum atomic E-state index is -0.427. The van der Waals surface area contributed by atoms with Crippen LogP contribution in [0.3, 0.4) is 0 Å². The largest absolute Gasteiger partial charge is 0.368 e. The lowest BCUT2D eigenvalue weighted by Crippen LogP contribution is -2.43. The van der Waals surface area contributed by atoms with Crippen molar-refractivity contribution in [3.05, 3.63) is 16.1 Å². The van der Waals surface area contributed by atoms with E-state index in [4.69, 9.17) is 5.73 Å². The lowest BCUT2D eigenvalue weighted by molar-refractivity contribution is -0.121. The lowest BCUT2D eigenvalue weighted by atomic mass is 10.2. The van der Waals surface area contributed by atoms with Crippen LogP contribution in [-0.2, 0) is 11.3 Å². The molecule has 86 valence electrons. The minimum Gasteiger partial charge on any atom is -0.368 e. The maximum atomic E-state index is 11.2. The van der Waals surface area contributed by atoms with Crippen LogP contribution in [-0.4, -0.2) is 16.4 Å². The standard InChI is InChI=1S/C11H15N3OS/c12-10(15)11(3-4-11)13-5-8-6-16-9(14-8)7-1-2-7/h6-7,13H,1-5H2,(H2,12,15). The first-order valence-electron chi connectivity index (χ1n) is 5.69. The molecule has 2 aliphatic rings. The molecule has 4 nitrogen and oxygen atoms in total. The van der Waals surface area contributed by atoms with Crippen LogP contribution in [0.4, 0.5) is 0 Å². The van der Waals surface area contributed by atoms with Crippen molar-refractivity contribution < 1.29 is 4.79 Å². The van der Waals surface area contributed by atoms with E-state index in [9.17, 15) is 4.79 Å². The number of aromatic nitrogens is 1. The number of hydrogen-bond donors (Lipinski definition) is 2. The van der Waals surface area contributed by atoms with Crippen LogP contribution in [0, 0.1) is 0 Å². The first-order chi connectivity index (χ1) is 7.70. The van der Waals surface area contributed by atoms with E-state index in [0.29, 0.717) is 12.5 Å². The van der Waals surface area contributed by atoms with Gasteiger partial charge in [0, 0.05) is 17.8 Å². The van der Waals surface area contributed by atoms with E-state index in [1.165, 1.54) is 17.8 Å². The van der Waals surface area contributed by atoms with Gasteiger partial charge in [-0.1, -0.05) is 0 Å². The van der Waals surface area contributed by atoms with Crippen molar-refractivity contribution in [1.82, 2.24) is 10.3 Å². The third-order valence-electron chi connectivity index (χ3n) is 3.33. The molecule has 0 bridgehead atoms. The highest BCUT2D eigenvalue weighted by atomic mass is 32.1.